The number of ether oxygens (including phenoxy) is 1. The third kappa shape index (κ3) is 3.69. The molecule has 2 aliphatic heterocycles. The van der Waals surface area contributed by atoms with Crippen LogP contribution in [0.3, 0.4) is 0 Å². The molecule has 1 fully saturated rings. The van der Waals surface area contributed by atoms with Crippen molar-refractivity contribution in [2.75, 3.05) is 27.2 Å². The number of likely N-dealkylation sites (N-methyl/N-ethyl adjacent to an activating group) is 1. The van der Waals surface area contributed by atoms with Crippen LogP contribution in [0.4, 0.5) is 0 Å². The second kappa shape index (κ2) is 7.68. The van der Waals surface area contributed by atoms with Gasteiger partial charge in [-0.3, -0.25) is 9.69 Å². The smallest absolute Gasteiger partial charge is 0.223 e. The molecule has 3 heterocycles. The van der Waals surface area contributed by atoms with E-state index in [1.54, 1.807) is 7.11 Å². The van der Waals surface area contributed by atoms with Gasteiger partial charge in [-0.05, 0) is 44.0 Å². The van der Waals surface area contributed by atoms with Gasteiger partial charge in [-0.15, -0.1) is 10.2 Å². The lowest BCUT2D eigenvalue weighted by atomic mass is 10.1. The van der Waals surface area contributed by atoms with Crippen molar-refractivity contribution < 1.29 is 9.53 Å². The maximum atomic E-state index is 12.9. The van der Waals surface area contributed by atoms with E-state index in [2.05, 4.69) is 26.7 Å². The van der Waals surface area contributed by atoms with Crippen LogP contribution in [0.25, 0.3) is 0 Å². The van der Waals surface area contributed by atoms with Crippen LogP contribution >= 0.6 is 0 Å². The highest BCUT2D eigenvalue weighted by molar-refractivity contribution is 5.77. The molecular weight excluding hydrogens is 342 g/mol. The third-order valence-electron chi connectivity index (χ3n) is 5.63. The normalized spacial score (nSPS) is 19.9. The Hall–Kier alpha value is -2.41. The van der Waals surface area contributed by atoms with Crippen molar-refractivity contribution in [1.29, 1.82) is 0 Å². The Labute approximate surface area is 159 Å². The lowest BCUT2D eigenvalue weighted by Gasteiger charge is -2.28. The van der Waals surface area contributed by atoms with Crippen molar-refractivity contribution >= 4 is 5.91 Å². The summed E-state index contributed by atoms with van der Waals surface area (Å²) in [6.45, 7) is 3.54. The SMILES string of the molecule is COc1ccc(CCC(=O)N2CCC[C@H]2c2nnc3n2CCN(C)C3)cc1. The molecule has 0 aliphatic carbocycles. The summed E-state index contributed by atoms with van der Waals surface area (Å²) < 4.78 is 7.41. The quantitative estimate of drug-likeness (QED) is 0.807. The maximum Gasteiger partial charge on any atom is 0.223 e. The zero-order valence-corrected chi connectivity index (χ0v) is 16.1. The average Bonchev–Trinajstić information content (AvgIpc) is 3.32. The molecule has 144 valence electrons. The molecule has 2 aliphatic rings. The minimum atomic E-state index is 0.0676. The van der Waals surface area contributed by atoms with Crippen LogP contribution in [0.5, 0.6) is 5.75 Å². The van der Waals surface area contributed by atoms with Crippen molar-refractivity contribution in [3.05, 3.63) is 41.5 Å². The number of benzene rings is 1. The van der Waals surface area contributed by atoms with Gasteiger partial charge in [0.1, 0.15) is 11.6 Å². The van der Waals surface area contributed by atoms with Gasteiger partial charge in [-0.2, -0.15) is 0 Å². The first-order valence-corrected chi connectivity index (χ1v) is 9.68. The predicted molar refractivity (Wildman–Crippen MR) is 101 cm³/mol. The fraction of sp³-hybridized carbons (Fsp3) is 0.550. The van der Waals surface area contributed by atoms with Crippen LogP contribution in [-0.4, -0.2) is 57.7 Å². The van der Waals surface area contributed by atoms with E-state index in [9.17, 15) is 4.79 Å². The molecule has 7 nitrogen and oxygen atoms in total. The molecule has 1 saturated heterocycles. The second-order valence-electron chi connectivity index (χ2n) is 7.46. The van der Waals surface area contributed by atoms with Crippen molar-refractivity contribution in [3.8, 4) is 5.75 Å². The van der Waals surface area contributed by atoms with E-state index in [-0.39, 0.29) is 11.9 Å². The van der Waals surface area contributed by atoms with Gasteiger partial charge in [-0.25, -0.2) is 0 Å². The van der Waals surface area contributed by atoms with Gasteiger partial charge in [0.05, 0.1) is 19.7 Å². The molecule has 0 unspecified atom stereocenters. The van der Waals surface area contributed by atoms with Crippen LogP contribution in [0.15, 0.2) is 24.3 Å². The largest absolute Gasteiger partial charge is 0.497 e. The third-order valence-corrected chi connectivity index (χ3v) is 5.63. The Kier molecular flexibility index (Phi) is 5.11. The molecule has 0 saturated carbocycles. The van der Waals surface area contributed by atoms with Gasteiger partial charge >= 0.3 is 0 Å². The number of carbonyl (C=O) groups excluding carboxylic acids is 1. The van der Waals surface area contributed by atoms with Crippen molar-refractivity contribution in [2.24, 2.45) is 0 Å². The minimum Gasteiger partial charge on any atom is -0.497 e. The summed E-state index contributed by atoms with van der Waals surface area (Å²) in [7, 11) is 3.76. The van der Waals surface area contributed by atoms with E-state index in [1.165, 1.54) is 0 Å². The Morgan fingerprint density at radius 3 is 2.78 bits per heavy atom. The molecule has 0 bridgehead atoms. The lowest BCUT2D eigenvalue weighted by molar-refractivity contribution is -0.132. The summed E-state index contributed by atoms with van der Waals surface area (Å²) in [5.41, 5.74) is 1.16. The van der Waals surface area contributed by atoms with Gasteiger partial charge < -0.3 is 14.2 Å². The molecule has 0 N–H and O–H groups in total. The molecule has 1 atom stereocenters. The number of carbonyl (C=O) groups is 1. The molecule has 0 radical (unpaired) electrons. The molecule has 1 amide bonds. The van der Waals surface area contributed by atoms with Crippen LogP contribution in [0.1, 0.15) is 42.5 Å². The molecule has 27 heavy (non-hydrogen) atoms. The Morgan fingerprint density at radius 1 is 1.19 bits per heavy atom. The first-order chi connectivity index (χ1) is 13.2. The first kappa shape index (κ1) is 18.0. The fourth-order valence-corrected chi connectivity index (χ4v) is 4.07. The van der Waals surface area contributed by atoms with E-state index in [4.69, 9.17) is 4.74 Å². The van der Waals surface area contributed by atoms with E-state index < -0.39 is 0 Å². The number of amides is 1. The van der Waals surface area contributed by atoms with E-state index in [1.807, 2.05) is 29.2 Å². The van der Waals surface area contributed by atoms with Crippen molar-refractivity contribution in [1.82, 2.24) is 24.6 Å². The number of aromatic nitrogens is 3. The molecule has 4 rings (SSSR count). The summed E-state index contributed by atoms with van der Waals surface area (Å²) in [6.07, 6.45) is 3.27. The summed E-state index contributed by atoms with van der Waals surface area (Å²) in [4.78, 5) is 17.2. The van der Waals surface area contributed by atoms with Gasteiger partial charge in [0.2, 0.25) is 5.91 Å². The Bertz CT molecular complexity index is 801. The summed E-state index contributed by atoms with van der Waals surface area (Å²) in [5.74, 6) is 3.02. The number of methoxy groups -OCH3 is 1. The second-order valence-corrected chi connectivity index (χ2v) is 7.46. The molecular formula is C20H27N5O2. The average molecular weight is 369 g/mol. The number of hydrogen-bond donors (Lipinski definition) is 0. The zero-order valence-electron chi connectivity index (χ0n) is 16.1. The van der Waals surface area contributed by atoms with Crippen molar-refractivity contribution in [3.63, 3.8) is 0 Å². The minimum absolute atomic E-state index is 0.0676. The van der Waals surface area contributed by atoms with Crippen LogP contribution in [0.2, 0.25) is 0 Å². The summed E-state index contributed by atoms with van der Waals surface area (Å²) in [5, 5.41) is 8.84. The van der Waals surface area contributed by atoms with Gasteiger partial charge in [0.15, 0.2) is 5.82 Å². The van der Waals surface area contributed by atoms with E-state index >= 15 is 0 Å². The topological polar surface area (TPSA) is 63.5 Å². The number of nitrogens with zero attached hydrogens (tertiary/aromatic N) is 5. The highest BCUT2D eigenvalue weighted by atomic mass is 16.5. The van der Waals surface area contributed by atoms with E-state index in [0.29, 0.717) is 6.42 Å². The Balaban J connectivity index is 1.42. The van der Waals surface area contributed by atoms with Crippen LogP contribution in [-0.2, 0) is 24.3 Å². The van der Waals surface area contributed by atoms with E-state index in [0.717, 1.165) is 68.4 Å². The molecule has 1 aromatic carbocycles. The van der Waals surface area contributed by atoms with Crippen LogP contribution < -0.4 is 4.74 Å². The highest BCUT2D eigenvalue weighted by Crippen LogP contribution is 2.32. The Morgan fingerprint density at radius 2 is 2.00 bits per heavy atom. The molecule has 1 aromatic heterocycles. The lowest BCUT2D eigenvalue weighted by Crippen LogP contribution is -2.35. The number of likely N-dealkylation sites (tertiary alicyclic amines) is 1. The zero-order chi connectivity index (χ0) is 18.8. The number of hydrogen-bond acceptors (Lipinski definition) is 5. The fourth-order valence-electron chi connectivity index (χ4n) is 4.07. The highest BCUT2D eigenvalue weighted by Gasteiger charge is 2.34. The molecule has 0 spiro atoms. The monoisotopic (exact) mass is 369 g/mol. The predicted octanol–water partition coefficient (Wildman–Crippen LogP) is 2.03. The van der Waals surface area contributed by atoms with Gasteiger partial charge in [0.25, 0.3) is 0 Å². The summed E-state index contributed by atoms with van der Waals surface area (Å²) in [6, 6.07) is 8.01. The number of fused-ring (bicyclic) bond motifs is 1. The number of rotatable bonds is 5. The number of aryl methyl sites for hydroxylation is 1. The molecule has 7 heteroatoms. The van der Waals surface area contributed by atoms with Crippen LogP contribution in [0, 0.1) is 0 Å². The van der Waals surface area contributed by atoms with Crippen molar-refractivity contribution in [2.45, 2.75) is 44.8 Å². The maximum absolute atomic E-state index is 12.9. The summed E-state index contributed by atoms with van der Waals surface area (Å²) >= 11 is 0. The standard InChI is InChI=1S/C20H27N5O2/c1-23-12-13-25-18(14-23)21-22-20(25)17-4-3-11-24(17)19(26)10-7-15-5-8-16(27-2)9-6-15/h5-6,8-9,17H,3-4,7,10-14H2,1-2H3/t17-/m0/s1. The molecule has 2 aromatic rings. The first-order valence-electron chi connectivity index (χ1n) is 9.68. The van der Waals surface area contributed by atoms with Gasteiger partial charge in [-0.1, -0.05) is 12.1 Å². The van der Waals surface area contributed by atoms with Gasteiger partial charge in [0, 0.05) is 26.1 Å².